The third kappa shape index (κ3) is 3.29. The van der Waals surface area contributed by atoms with Crippen LogP contribution in [-0.4, -0.2) is 49.7 Å². The number of nitrogens with two attached hydrogens (primary N) is 1. The van der Waals surface area contributed by atoms with E-state index < -0.39 is 10.2 Å². The van der Waals surface area contributed by atoms with Crippen molar-refractivity contribution in [1.29, 1.82) is 0 Å². The molecule has 1 aromatic carbocycles. The van der Waals surface area contributed by atoms with E-state index in [1.54, 1.807) is 23.1 Å². The van der Waals surface area contributed by atoms with Gasteiger partial charge in [-0.2, -0.15) is 12.7 Å². The predicted molar refractivity (Wildman–Crippen MR) is 76.8 cm³/mol. The molecular formula is C12H16ClN3O3S. The molecule has 1 aliphatic heterocycles. The van der Waals surface area contributed by atoms with E-state index in [-0.39, 0.29) is 19.0 Å². The molecule has 0 bridgehead atoms. The maximum atomic E-state index is 12.3. The summed E-state index contributed by atoms with van der Waals surface area (Å²) >= 11 is 6.01. The van der Waals surface area contributed by atoms with Crippen molar-refractivity contribution in [2.24, 2.45) is 5.14 Å². The highest BCUT2D eigenvalue weighted by atomic mass is 35.5. The van der Waals surface area contributed by atoms with Gasteiger partial charge in [-0.15, -0.1) is 0 Å². The molecule has 8 heteroatoms. The van der Waals surface area contributed by atoms with Crippen LogP contribution in [0, 0.1) is 6.92 Å². The van der Waals surface area contributed by atoms with E-state index in [1.165, 1.54) is 4.31 Å². The van der Waals surface area contributed by atoms with Crippen molar-refractivity contribution in [3.8, 4) is 0 Å². The van der Waals surface area contributed by atoms with E-state index in [0.29, 0.717) is 23.7 Å². The van der Waals surface area contributed by atoms with Gasteiger partial charge in [0.05, 0.1) is 0 Å². The highest BCUT2D eigenvalue weighted by Crippen LogP contribution is 2.18. The molecule has 0 saturated carbocycles. The molecule has 20 heavy (non-hydrogen) atoms. The fraction of sp³-hybridized carbons (Fsp3) is 0.417. The van der Waals surface area contributed by atoms with Gasteiger partial charge in [0.25, 0.3) is 16.1 Å². The summed E-state index contributed by atoms with van der Waals surface area (Å²) in [4.78, 5) is 13.9. The van der Waals surface area contributed by atoms with E-state index >= 15 is 0 Å². The van der Waals surface area contributed by atoms with Crippen molar-refractivity contribution >= 4 is 27.7 Å². The lowest BCUT2D eigenvalue weighted by molar-refractivity contribution is 0.0698. The van der Waals surface area contributed by atoms with E-state index in [2.05, 4.69) is 0 Å². The first kappa shape index (κ1) is 15.2. The van der Waals surface area contributed by atoms with Crippen molar-refractivity contribution in [3.05, 3.63) is 34.3 Å². The Hall–Kier alpha value is -1.15. The zero-order chi connectivity index (χ0) is 14.9. The van der Waals surface area contributed by atoms with Gasteiger partial charge in [0.15, 0.2) is 0 Å². The Morgan fingerprint density at radius 3 is 2.35 bits per heavy atom. The lowest BCUT2D eigenvalue weighted by Crippen LogP contribution is -2.52. The number of rotatable bonds is 2. The average Bonchev–Trinajstić information content (AvgIpc) is 2.40. The molecule has 0 aromatic heterocycles. The number of piperazine rings is 1. The summed E-state index contributed by atoms with van der Waals surface area (Å²) in [7, 11) is -3.68. The van der Waals surface area contributed by atoms with Crippen LogP contribution in [0.3, 0.4) is 0 Å². The number of hydrogen-bond donors (Lipinski definition) is 1. The Bertz CT molecular complexity index is 625. The molecule has 0 radical (unpaired) electrons. The monoisotopic (exact) mass is 317 g/mol. The highest BCUT2D eigenvalue weighted by Gasteiger charge is 2.27. The molecule has 1 saturated heterocycles. The van der Waals surface area contributed by atoms with Crippen LogP contribution in [0.25, 0.3) is 0 Å². The summed E-state index contributed by atoms with van der Waals surface area (Å²) in [6, 6.07) is 5.14. The van der Waals surface area contributed by atoms with Crippen LogP contribution in [0.1, 0.15) is 15.9 Å². The Balaban J connectivity index is 2.07. The molecule has 1 fully saturated rings. The molecule has 1 aliphatic rings. The molecule has 0 aliphatic carbocycles. The summed E-state index contributed by atoms with van der Waals surface area (Å²) in [6.45, 7) is 2.93. The van der Waals surface area contributed by atoms with Gasteiger partial charge in [-0.05, 0) is 24.6 Å². The number of carbonyl (C=O) groups excluding carboxylic acids is 1. The Morgan fingerprint density at radius 1 is 1.25 bits per heavy atom. The second kappa shape index (κ2) is 5.69. The first-order chi connectivity index (χ1) is 9.29. The molecule has 1 heterocycles. The van der Waals surface area contributed by atoms with Gasteiger partial charge in [0.2, 0.25) is 0 Å². The smallest absolute Gasteiger partial charge is 0.277 e. The van der Waals surface area contributed by atoms with Crippen molar-refractivity contribution in [3.63, 3.8) is 0 Å². The molecule has 1 aromatic rings. The summed E-state index contributed by atoms with van der Waals surface area (Å²) in [5, 5.41) is 5.60. The molecule has 2 rings (SSSR count). The molecule has 0 atom stereocenters. The first-order valence-electron chi connectivity index (χ1n) is 6.12. The van der Waals surface area contributed by atoms with Crippen LogP contribution < -0.4 is 5.14 Å². The summed E-state index contributed by atoms with van der Waals surface area (Å²) in [5.41, 5.74) is 1.41. The van der Waals surface area contributed by atoms with Gasteiger partial charge in [-0.25, -0.2) is 5.14 Å². The predicted octanol–water partition coefficient (Wildman–Crippen LogP) is 0.610. The molecule has 0 unspecified atom stereocenters. The number of carbonyl (C=O) groups is 1. The number of amides is 1. The van der Waals surface area contributed by atoms with Gasteiger partial charge in [-0.1, -0.05) is 17.7 Å². The number of nitrogens with zero attached hydrogens (tertiary/aromatic N) is 2. The van der Waals surface area contributed by atoms with Crippen molar-refractivity contribution in [2.75, 3.05) is 26.2 Å². The number of aryl methyl sites for hydroxylation is 1. The quantitative estimate of drug-likeness (QED) is 0.867. The Morgan fingerprint density at radius 2 is 1.85 bits per heavy atom. The minimum absolute atomic E-state index is 0.152. The number of halogens is 1. The van der Waals surface area contributed by atoms with Crippen LogP contribution in [0.5, 0.6) is 0 Å². The van der Waals surface area contributed by atoms with Crippen LogP contribution in [0.2, 0.25) is 5.02 Å². The van der Waals surface area contributed by atoms with Gasteiger partial charge >= 0.3 is 0 Å². The minimum Gasteiger partial charge on any atom is -0.336 e. The Kier molecular flexibility index (Phi) is 4.33. The fourth-order valence-electron chi connectivity index (χ4n) is 2.05. The molecule has 6 nitrogen and oxygen atoms in total. The number of benzene rings is 1. The number of hydrogen-bond acceptors (Lipinski definition) is 3. The van der Waals surface area contributed by atoms with Gasteiger partial charge in [0, 0.05) is 36.8 Å². The third-order valence-corrected chi connectivity index (χ3v) is 4.80. The lowest BCUT2D eigenvalue weighted by atomic mass is 10.1. The van der Waals surface area contributed by atoms with Crippen molar-refractivity contribution < 1.29 is 13.2 Å². The van der Waals surface area contributed by atoms with Crippen LogP contribution in [0.15, 0.2) is 18.2 Å². The summed E-state index contributed by atoms with van der Waals surface area (Å²) in [6.07, 6.45) is 0. The van der Waals surface area contributed by atoms with E-state index in [0.717, 1.165) is 5.56 Å². The third-order valence-electron chi connectivity index (χ3n) is 3.30. The van der Waals surface area contributed by atoms with Crippen LogP contribution in [0.4, 0.5) is 0 Å². The first-order valence-corrected chi connectivity index (χ1v) is 8.00. The van der Waals surface area contributed by atoms with Gasteiger partial charge < -0.3 is 4.90 Å². The lowest BCUT2D eigenvalue weighted by Gasteiger charge is -2.33. The highest BCUT2D eigenvalue weighted by molar-refractivity contribution is 7.86. The van der Waals surface area contributed by atoms with Gasteiger partial charge in [0.1, 0.15) is 0 Å². The summed E-state index contributed by atoms with van der Waals surface area (Å²) in [5.74, 6) is -0.152. The fourth-order valence-corrected chi connectivity index (χ4v) is 2.91. The Labute approximate surface area is 123 Å². The standard InChI is InChI=1S/C12H16ClN3O3S/c1-9-2-3-10(8-11(9)13)12(17)15-4-6-16(7-5-15)20(14,18)19/h2-3,8H,4-7H2,1H3,(H2,14,18,19). The minimum atomic E-state index is -3.68. The average molecular weight is 318 g/mol. The largest absolute Gasteiger partial charge is 0.336 e. The second-order valence-corrected chi connectivity index (χ2v) is 6.65. The van der Waals surface area contributed by atoms with E-state index in [9.17, 15) is 13.2 Å². The van der Waals surface area contributed by atoms with Crippen molar-refractivity contribution in [2.45, 2.75) is 6.92 Å². The van der Waals surface area contributed by atoms with Gasteiger partial charge in [-0.3, -0.25) is 4.79 Å². The molecule has 1 amide bonds. The maximum absolute atomic E-state index is 12.3. The molecular weight excluding hydrogens is 302 g/mol. The maximum Gasteiger partial charge on any atom is 0.277 e. The SMILES string of the molecule is Cc1ccc(C(=O)N2CCN(S(N)(=O)=O)CC2)cc1Cl. The van der Waals surface area contributed by atoms with Crippen LogP contribution >= 0.6 is 11.6 Å². The zero-order valence-corrected chi connectivity index (χ0v) is 12.6. The molecule has 0 spiro atoms. The molecule has 2 N–H and O–H groups in total. The van der Waals surface area contributed by atoms with E-state index in [4.69, 9.17) is 16.7 Å². The van der Waals surface area contributed by atoms with Crippen molar-refractivity contribution in [1.82, 2.24) is 9.21 Å². The second-order valence-electron chi connectivity index (χ2n) is 4.70. The topological polar surface area (TPSA) is 83.7 Å². The normalized spacial score (nSPS) is 17.2. The zero-order valence-electron chi connectivity index (χ0n) is 11.0. The summed E-state index contributed by atoms with van der Waals surface area (Å²) < 4.78 is 23.6. The van der Waals surface area contributed by atoms with Crippen LogP contribution in [-0.2, 0) is 10.2 Å². The van der Waals surface area contributed by atoms with E-state index in [1.807, 2.05) is 6.92 Å². The molecule has 110 valence electrons.